The number of nitrogens with two attached hydrogens (primary N) is 1. The van der Waals surface area contributed by atoms with Crippen LogP contribution < -0.4 is 5.73 Å². The quantitative estimate of drug-likeness (QED) is 0.816. The van der Waals surface area contributed by atoms with Crippen LogP contribution >= 0.6 is 0 Å². The normalized spacial score (nSPS) is 15.8. The van der Waals surface area contributed by atoms with Crippen LogP contribution in [-0.2, 0) is 19.3 Å². The number of hydrogen-bond donors (Lipinski definition) is 1. The summed E-state index contributed by atoms with van der Waals surface area (Å²) in [5, 5.41) is 0. The molecule has 1 aliphatic carbocycles. The van der Waals surface area contributed by atoms with Gasteiger partial charge in [-0.2, -0.15) is 0 Å². The highest BCUT2D eigenvalue weighted by molar-refractivity contribution is 5.35. The van der Waals surface area contributed by atoms with Gasteiger partial charge in [-0.15, -0.1) is 0 Å². The highest BCUT2D eigenvalue weighted by atomic mass is 15.1. The smallest absolute Gasteiger partial charge is 0.00189 e. The average Bonchev–Trinajstić information content (AvgIpc) is 2.89. The van der Waals surface area contributed by atoms with Crippen LogP contribution in [0.25, 0.3) is 0 Å². The molecule has 0 radical (unpaired) electrons. The third-order valence-electron chi connectivity index (χ3n) is 4.43. The van der Waals surface area contributed by atoms with E-state index in [0.29, 0.717) is 5.92 Å². The van der Waals surface area contributed by atoms with Crippen molar-refractivity contribution in [1.82, 2.24) is 4.90 Å². The van der Waals surface area contributed by atoms with Crippen LogP contribution in [0.1, 0.15) is 36.5 Å². The van der Waals surface area contributed by atoms with Crippen molar-refractivity contribution in [3.05, 3.63) is 34.9 Å². The standard InChI is InChI=1S/C17H28N2/c1-3-14(12-18)13-19(2)10-9-15-7-8-16-5-4-6-17(16)11-15/h7-8,11,14H,3-6,9-10,12-13,18H2,1-2H3. The summed E-state index contributed by atoms with van der Waals surface area (Å²) in [5.41, 5.74) is 10.4. The molecule has 0 amide bonds. The predicted octanol–water partition coefficient (Wildman–Crippen LogP) is 2.63. The van der Waals surface area contributed by atoms with E-state index < -0.39 is 0 Å². The number of aryl methyl sites for hydroxylation is 2. The second-order valence-corrected chi connectivity index (χ2v) is 5.98. The molecule has 1 aromatic rings. The van der Waals surface area contributed by atoms with E-state index in [9.17, 15) is 0 Å². The topological polar surface area (TPSA) is 29.3 Å². The van der Waals surface area contributed by atoms with Crippen LogP contribution in [0.15, 0.2) is 18.2 Å². The molecule has 0 aromatic heterocycles. The van der Waals surface area contributed by atoms with Gasteiger partial charge in [0.05, 0.1) is 0 Å². The van der Waals surface area contributed by atoms with E-state index in [1.165, 1.54) is 31.2 Å². The second kappa shape index (κ2) is 7.06. The van der Waals surface area contributed by atoms with Crippen molar-refractivity contribution in [3.8, 4) is 0 Å². The zero-order chi connectivity index (χ0) is 13.7. The first-order valence-electron chi connectivity index (χ1n) is 7.72. The summed E-state index contributed by atoms with van der Waals surface area (Å²) in [6.45, 7) is 5.29. The monoisotopic (exact) mass is 260 g/mol. The van der Waals surface area contributed by atoms with Crippen molar-refractivity contribution >= 4 is 0 Å². The number of fused-ring (bicyclic) bond motifs is 1. The van der Waals surface area contributed by atoms with E-state index in [2.05, 4.69) is 37.1 Å². The first kappa shape index (κ1) is 14.5. The Hall–Kier alpha value is -0.860. The minimum atomic E-state index is 0.644. The van der Waals surface area contributed by atoms with E-state index in [-0.39, 0.29) is 0 Å². The number of likely N-dealkylation sites (N-methyl/N-ethyl adjacent to an activating group) is 1. The van der Waals surface area contributed by atoms with Crippen LogP contribution in [0.5, 0.6) is 0 Å². The molecule has 0 saturated carbocycles. The number of rotatable bonds is 7. The lowest BCUT2D eigenvalue weighted by atomic mass is 10.0. The molecule has 0 aliphatic heterocycles. The zero-order valence-corrected chi connectivity index (χ0v) is 12.5. The largest absolute Gasteiger partial charge is 0.330 e. The molecule has 2 heteroatoms. The van der Waals surface area contributed by atoms with Gasteiger partial charge in [0.25, 0.3) is 0 Å². The minimum absolute atomic E-state index is 0.644. The fraction of sp³-hybridized carbons (Fsp3) is 0.647. The van der Waals surface area contributed by atoms with Gasteiger partial charge in [-0.05, 0) is 61.9 Å². The molecule has 0 spiro atoms. The van der Waals surface area contributed by atoms with Crippen molar-refractivity contribution in [1.29, 1.82) is 0 Å². The lowest BCUT2D eigenvalue weighted by Crippen LogP contribution is -2.31. The first-order valence-corrected chi connectivity index (χ1v) is 7.72. The molecule has 1 atom stereocenters. The third-order valence-corrected chi connectivity index (χ3v) is 4.43. The van der Waals surface area contributed by atoms with Gasteiger partial charge in [-0.25, -0.2) is 0 Å². The highest BCUT2D eigenvalue weighted by Gasteiger charge is 2.11. The molecule has 0 saturated heterocycles. The number of benzene rings is 1. The Morgan fingerprint density at radius 3 is 2.79 bits per heavy atom. The van der Waals surface area contributed by atoms with Gasteiger partial charge in [0, 0.05) is 13.1 Å². The van der Waals surface area contributed by atoms with Crippen molar-refractivity contribution in [2.45, 2.75) is 39.0 Å². The molecular formula is C17H28N2. The number of nitrogens with zero attached hydrogens (tertiary/aromatic N) is 1. The number of hydrogen-bond acceptors (Lipinski definition) is 2. The zero-order valence-electron chi connectivity index (χ0n) is 12.5. The summed E-state index contributed by atoms with van der Waals surface area (Å²) in [6.07, 6.45) is 6.24. The van der Waals surface area contributed by atoms with Crippen LogP contribution in [0.2, 0.25) is 0 Å². The summed E-state index contributed by atoms with van der Waals surface area (Å²) in [5.74, 6) is 0.644. The highest BCUT2D eigenvalue weighted by Crippen LogP contribution is 2.23. The Morgan fingerprint density at radius 1 is 1.26 bits per heavy atom. The van der Waals surface area contributed by atoms with Crippen LogP contribution in [0.3, 0.4) is 0 Å². The Kier molecular flexibility index (Phi) is 5.41. The maximum absolute atomic E-state index is 5.77. The molecule has 0 heterocycles. The van der Waals surface area contributed by atoms with Crippen LogP contribution in [0.4, 0.5) is 0 Å². The summed E-state index contributed by atoms with van der Waals surface area (Å²) in [6, 6.07) is 7.08. The van der Waals surface area contributed by atoms with Gasteiger partial charge in [-0.3, -0.25) is 0 Å². The molecule has 2 rings (SSSR count). The molecule has 1 aromatic carbocycles. The fourth-order valence-corrected chi connectivity index (χ4v) is 3.00. The Bertz CT molecular complexity index is 396. The fourth-order valence-electron chi connectivity index (χ4n) is 3.00. The average molecular weight is 260 g/mol. The molecule has 1 aliphatic rings. The lowest BCUT2D eigenvalue weighted by molar-refractivity contribution is 0.277. The van der Waals surface area contributed by atoms with E-state index in [0.717, 1.165) is 26.1 Å². The van der Waals surface area contributed by atoms with Gasteiger partial charge in [0.15, 0.2) is 0 Å². The first-order chi connectivity index (χ1) is 9.22. The summed E-state index contributed by atoms with van der Waals surface area (Å²) >= 11 is 0. The molecular weight excluding hydrogens is 232 g/mol. The third kappa shape index (κ3) is 4.05. The molecule has 0 bridgehead atoms. The van der Waals surface area contributed by atoms with E-state index in [1.54, 1.807) is 11.1 Å². The molecule has 106 valence electrons. The maximum Gasteiger partial charge on any atom is 0.00189 e. The van der Waals surface area contributed by atoms with Gasteiger partial charge in [0.2, 0.25) is 0 Å². The van der Waals surface area contributed by atoms with Crippen molar-refractivity contribution in [2.75, 3.05) is 26.7 Å². The van der Waals surface area contributed by atoms with Crippen molar-refractivity contribution < 1.29 is 0 Å². The van der Waals surface area contributed by atoms with Crippen molar-refractivity contribution in [2.24, 2.45) is 11.7 Å². The van der Waals surface area contributed by atoms with Crippen LogP contribution in [-0.4, -0.2) is 31.6 Å². The van der Waals surface area contributed by atoms with E-state index >= 15 is 0 Å². The molecule has 2 N–H and O–H groups in total. The summed E-state index contributed by atoms with van der Waals surface area (Å²) in [7, 11) is 2.21. The van der Waals surface area contributed by atoms with Gasteiger partial charge >= 0.3 is 0 Å². The summed E-state index contributed by atoms with van der Waals surface area (Å²) < 4.78 is 0. The Morgan fingerprint density at radius 2 is 2.05 bits per heavy atom. The minimum Gasteiger partial charge on any atom is -0.330 e. The van der Waals surface area contributed by atoms with Crippen LogP contribution in [0, 0.1) is 5.92 Å². The molecule has 0 fully saturated rings. The molecule has 19 heavy (non-hydrogen) atoms. The SMILES string of the molecule is CCC(CN)CN(C)CCc1ccc2c(c1)CCC2. The molecule has 2 nitrogen and oxygen atoms in total. The Balaban J connectivity index is 1.81. The Labute approximate surface area is 118 Å². The van der Waals surface area contributed by atoms with E-state index in [4.69, 9.17) is 5.73 Å². The van der Waals surface area contributed by atoms with E-state index in [1.807, 2.05) is 0 Å². The van der Waals surface area contributed by atoms with Crippen molar-refractivity contribution in [3.63, 3.8) is 0 Å². The predicted molar refractivity (Wildman–Crippen MR) is 82.5 cm³/mol. The maximum atomic E-state index is 5.77. The van der Waals surface area contributed by atoms with Gasteiger partial charge in [0.1, 0.15) is 0 Å². The lowest BCUT2D eigenvalue weighted by Gasteiger charge is -2.22. The second-order valence-electron chi connectivity index (χ2n) is 5.98. The molecule has 1 unspecified atom stereocenters. The van der Waals surface area contributed by atoms with Gasteiger partial charge in [-0.1, -0.05) is 31.5 Å². The summed E-state index contributed by atoms with van der Waals surface area (Å²) in [4.78, 5) is 2.42. The van der Waals surface area contributed by atoms with Gasteiger partial charge < -0.3 is 10.6 Å².